The molecule has 1 amide bonds. The number of amides is 1. The van der Waals surface area contributed by atoms with Crippen LogP contribution in [0.1, 0.15) is 63.0 Å². The summed E-state index contributed by atoms with van der Waals surface area (Å²) >= 11 is 2.09. The molecule has 13 nitrogen and oxygen atoms in total. The highest BCUT2D eigenvalue weighted by molar-refractivity contribution is 14.1. The molecular formula is C37H44IN7O6Si. The zero-order valence-corrected chi connectivity index (χ0v) is 33.3. The van der Waals surface area contributed by atoms with E-state index in [2.05, 4.69) is 119 Å². The smallest absolute Gasteiger partial charge is 0.413 e. The van der Waals surface area contributed by atoms with E-state index in [9.17, 15) is 14.7 Å². The molecule has 0 aliphatic rings. The lowest BCUT2D eigenvalue weighted by Gasteiger charge is -2.43. The second kappa shape index (κ2) is 16.8. The van der Waals surface area contributed by atoms with Crippen LogP contribution in [-0.2, 0) is 15.7 Å². The summed E-state index contributed by atoms with van der Waals surface area (Å²) in [5, 5.41) is 22.9. The number of hydrogen-bond acceptors (Lipinski definition) is 10. The fourth-order valence-corrected chi connectivity index (χ4v) is 11.7. The summed E-state index contributed by atoms with van der Waals surface area (Å²) in [5.41, 5.74) is 1.51. The molecule has 1 atom stereocenters. The molecule has 2 aromatic carbocycles. The van der Waals surface area contributed by atoms with Gasteiger partial charge in [-0.2, -0.15) is 10.1 Å². The standard InChI is InChI=1S/C37H44IN7O6Si/c1-7-14-25(19-20-51-52(37(2,3)4,26-15-10-8-11-16-26)27-17-12-9-13-18-27)40-33-31-30(41-35(42-33)43-36(48)50-6)32(38)44-45(31)23-24-21-28(34(46)47)39-22-29(24)49-5/h8-13,15-18,21-22,25H,7,14,19-20,23H2,1-6H3,(H,46,47)(H2,40,41,42,43,48). The van der Waals surface area contributed by atoms with Crippen LogP contribution in [0.5, 0.6) is 5.75 Å². The zero-order valence-electron chi connectivity index (χ0n) is 30.1. The highest BCUT2D eigenvalue weighted by Gasteiger charge is 2.50. The lowest BCUT2D eigenvalue weighted by atomic mass is 10.1. The van der Waals surface area contributed by atoms with E-state index in [0.717, 1.165) is 12.8 Å². The van der Waals surface area contributed by atoms with E-state index in [-0.39, 0.29) is 29.3 Å². The summed E-state index contributed by atoms with van der Waals surface area (Å²) in [6, 6.07) is 22.5. The van der Waals surface area contributed by atoms with Gasteiger partial charge in [0.2, 0.25) is 5.95 Å². The van der Waals surface area contributed by atoms with Crippen molar-refractivity contribution in [1.82, 2.24) is 24.7 Å². The predicted molar refractivity (Wildman–Crippen MR) is 211 cm³/mol. The molecule has 0 saturated heterocycles. The number of methoxy groups -OCH3 is 2. The number of carboxylic acid groups (broad SMARTS) is 1. The van der Waals surface area contributed by atoms with Gasteiger partial charge in [0.1, 0.15) is 26.2 Å². The van der Waals surface area contributed by atoms with Gasteiger partial charge in [0.25, 0.3) is 8.32 Å². The molecule has 0 radical (unpaired) electrons. The van der Waals surface area contributed by atoms with Crippen molar-refractivity contribution in [3.63, 3.8) is 0 Å². The minimum atomic E-state index is -2.77. The largest absolute Gasteiger partial charge is 0.495 e. The second-order valence-corrected chi connectivity index (χ2v) is 18.6. The minimum absolute atomic E-state index is 0.0489. The van der Waals surface area contributed by atoms with Gasteiger partial charge in [-0.1, -0.05) is 94.8 Å². The quantitative estimate of drug-likeness (QED) is 0.0801. The molecule has 274 valence electrons. The monoisotopic (exact) mass is 837 g/mol. The third kappa shape index (κ3) is 8.37. The van der Waals surface area contributed by atoms with Crippen molar-refractivity contribution in [1.29, 1.82) is 0 Å². The second-order valence-electron chi connectivity index (χ2n) is 13.3. The molecule has 1 unspecified atom stereocenters. The minimum Gasteiger partial charge on any atom is -0.495 e. The number of anilines is 2. The molecule has 0 spiro atoms. The molecule has 52 heavy (non-hydrogen) atoms. The Hall–Kier alpha value is -4.61. The van der Waals surface area contributed by atoms with Crippen LogP contribution in [0.15, 0.2) is 72.9 Å². The Balaban J connectivity index is 1.53. The van der Waals surface area contributed by atoms with Crippen molar-refractivity contribution >= 4 is 76.1 Å². The Morgan fingerprint density at radius 1 is 1.00 bits per heavy atom. The lowest BCUT2D eigenvalue weighted by molar-refractivity contribution is 0.0690. The summed E-state index contributed by atoms with van der Waals surface area (Å²) < 4.78 is 19.8. The fraction of sp³-hybridized carbons (Fsp3) is 0.351. The van der Waals surface area contributed by atoms with Gasteiger partial charge in [-0.3, -0.25) is 10.00 Å². The third-order valence-corrected chi connectivity index (χ3v) is 14.6. The third-order valence-electron chi connectivity index (χ3n) is 8.83. The highest BCUT2D eigenvalue weighted by atomic mass is 127. The van der Waals surface area contributed by atoms with Crippen molar-refractivity contribution in [3.05, 3.63) is 87.9 Å². The molecule has 15 heteroatoms. The van der Waals surface area contributed by atoms with E-state index in [0.29, 0.717) is 44.9 Å². The molecule has 0 bridgehead atoms. The molecule has 5 aromatic rings. The normalized spacial score (nSPS) is 12.4. The molecule has 0 aliphatic heterocycles. The van der Waals surface area contributed by atoms with Crippen LogP contribution < -0.4 is 25.7 Å². The Bertz CT molecular complexity index is 1970. The van der Waals surface area contributed by atoms with Crippen molar-refractivity contribution < 1.29 is 28.6 Å². The Kier molecular flexibility index (Phi) is 12.5. The number of carbonyl (C=O) groups is 2. The van der Waals surface area contributed by atoms with Gasteiger partial charge >= 0.3 is 12.1 Å². The number of ether oxygens (including phenoxy) is 2. The van der Waals surface area contributed by atoms with Gasteiger partial charge in [0.05, 0.1) is 27.0 Å². The first kappa shape index (κ1) is 38.6. The maximum atomic E-state index is 12.3. The van der Waals surface area contributed by atoms with Crippen LogP contribution in [0.2, 0.25) is 5.04 Å². The van der Waals surface area contributed by atoms with E-state index in [4.69, 9.17) is 24.0 Å². The Morgan fingerprint density at radius 3 is 2.21 bits per heavy atom. The number of halogens is 1. The van der Waals surface area contributed by atoms with Gasteiger partial charge in [-0.15, -0.1) is 0 Å². The van der Waals surface area contributed by atoms with E-state index in [1.54, 1.807) is 4.68 Å². The van der Waals surface area contributed by atoms with Crippen molar-refractivity contribution in [2.45, 2.75) is 64.6 Å². The first-order valence-corrected chi connectivity index (χ1v) is 20.0. The number of pyridine rings is 1. The summed E-state index contributed by atoms with van der Waals surface area (Å²) in [4.78, 5) is 37.4. The number of aromatic carboxylic acids is 1. The molecule has 3 aromatic heterocycles. The summed E-state index contributed by atoms with van der Waals surface area (Å²) in [6.45, 7) is 9.52. The van der Waals surface area contributed by atoms with E-state index in [1.807, 2.05) is 12.1 Å². The zero-order chi connectivity index (χ0) is 37.5. The Morgan fingerprint density at radius 2 is 1.65 bits per heavy atom. The maximum absolute atomic E-state index is 12.3. The maximum Gasteiger partial charge on any atom is 0.413 e. The average molecular weight is 838 g/mol. The first-order chi connectivity index (χ1) is 24.9. The lowest BCUT2D eigenvalue weighted by Crippen LogP contribution is -2.66. The van der Waals surface area contributed by atoms with Crippen LogP contribution in [0, 0.1) is 3.70 Å². The Labute approximate surface area is 317 Å². The molecule has 0 fully saturated rings. The number of benzene rings is 2. The van der Waals surface area contributed by atoms with Gasteiger partial charge in [0, 0.05) is 18.2 Å². The van der Waals surface area contributed by atoms with Crippen molar-refractivity contribution in [3.8, 4) is 5.75 Å². The summed E-state index contributed by atoms with van der Waals surface area (Å²) in [5.74, 6) is -0.252. The number of fused-ring (bicyclic) bond motifs is 1. The number of rotatable bonds is 15. The van der Waals surface area contributed by atoms with E-state index < -0.39 is 20.4 Å². The van der Waals surface area contributed by atoms with Gasteiger partial charge in [-0.05, 0) is 56.9 Å². The summed E-state index contributed by atoms with van der Waals surface area (Å²) in [7, 11) is 0.000389. The SMILES string of the molecule is CCCC(CCO[Si](c1ccccc1)(c1ccccc1)C(C)(C)C)Nc1nc(NC(=O)OC)nc2c(I)nn(Cc3cc(C(=O)O)ncc3OC)c12. The number of aromatic nitrogens is 5. The number of nitrogens with one attached hydrogen (secondary N) is 2. The number of nitrogens with zero attached hydrogens (tertiary/aromatic N) is 5. The van der Waals surface area contributed by atoms with Crippen LogP contribution in [0.4, 0.5) is 16.6 Å². The molecule has 0 saturated carbocycles. The van der Waals surface area contributed by atoms with Gasteiger partial charge < -0.3 is 24.3 Å². The molecule has 0 aliphatic carbocycles. The predicted octanol–water partition coefficient (Wildman–Crippen LogP) is 6.31. The summed E-state index contributed by atoms with van der Waals surface area (Å²) in [6.07, 6.45) is 3.03. The topological polar surface area (TPSA) is 163 Å². The highest BCUT2D eigenvalue weighted by Crippen LogP contribution is 2.37. The fourth-order valence-electron chi connectivity index (χ4n) is 6.48. The number of hydrogen-bond donors (Lipinski definition) is 3. The van der Waals surface area contributed by atoms with Crippen LogP contribution in [0.25, 0.3) is 11.0 Å². The average Bonchev–Trinajstić information content (AvgIpc) is 3.44. The van der Waals surface area contributed by atoms with E-state index >= 15 is 0 Å². The van der Waals surface area contributed by atoms with Crippen LogP contribution in [-0.4, -0.2) is 77.1 Å². The number of carbonyl (C=O) groups excluding carboxylic acids is 1. The molecule has 5 rings (SSSR count). The molecule has 3 N–H and O–H groups in total. The van der Waals surface area contributed by atoms with E-state index in [1.165, 1.54) is 36.9 Å². The van der Waals surface area contributed by atoms with Gasteiger partial charge in [-0.25, -0.2) is 19.6 Å². The van der Waals surface area contributed by atoms with Crippen molar-refractivity contribution in [2.24, 2.45) is 0 Å². The molecule has 3 heterocycles. The van der Waals surface area contributed by atoms with Gasteiger partial charge in [0.15, 0.2) is 5.82 Å². The first-order valence-electron chi connectivity index (χ1n) is 17.0. The van der Waals surface area contributed by atoms with Crippen LogP contribution in [0.3, 0.4) is 0 Å². The number of carboxylic acids is 1. The molecular weight excluding hydrogens is 793 g/mol. The van der Waals surface area contributed by atoms with Crippen molar-refractivity contribution in [2.75, 3.05) is 31.5 Å². The van der Waals surface area contributed by atoms with Crippen LogP contribution >= 0.6 is 22.6 Å².